The third kappa shape index (κ3) is 6.77. The summed E-state index contributed by atoms with van der Waals surface area (Å²) in [5.41, 5.74) is 5.33. The molecule has 0 saturated carbocycles. The lowest BCUT2D eigenvalue weighted by atomic mass is 9.90. The normalized spacial score (nSPS) is 14.1. The Morgan fingerprint density at radius 1 is 0.909 bits per heavy atom. The van der Waals surface area contributed by atoms with Crippen molar-refractivity contribution in [3.05, 3.63) is 0 Å². The van der Waals surface area contributed by atoms with Crippen LogP contribution in [0.2, 0.25) is 0 Å². The molecule has 0 radical (unpaired) electrons. The number of nitrogens with two attached hydrogens (primary N) is 1. The second-order valence-corrected chi connectivity index (χ2v) is 7.94. The van der Waals surface area contributed by atoms with Crippen LogP contribution in [0.5, 0.6) is 0 Å². The van der Waals surface area contributed by atoms with Gasteiger partial charge in [-0.15, -0.1) is 0 Å². The van der Waals surface area contributed by atoms with Crippen LogP contribution in [0.15, 0.2) is 0 Å². The van der Waals surface area contributed by atoms with Crippen LogP contribution in [0.4, 0.5) is 0 Å². The van der Waals surface area contributed by atoms with Crippen molar-refractivity contribution in [1.29, 1.82) is 0 Å². The minimum atomic E-state index is -0.661. The monoisotopic (exact) mass is 313 g/mol. The lowest BCUT2D eigenvalue weighted by molar-refractivity contribution is -0.125. The Morgan fingerprint density at radius 3 is 1.73 bits per heavy atom. The molecule has 0 saturated heterocycles. The second-order valence-electron chi connectivity index (χ2n) is 7.94. The Morgan fingerprint density at radius 2 is 1.32 bits per heavy atom. The summed E-state index contributed by atoms with van der Waals surface area (Å²) in [6.07, 6.45) is 0.604. The molecule has 0 fully saturated rings. The van der Waals surface area contributed by atoms with Gasteiger partial charge in [-0.05, 0) is 46.0 Å². The van der Waals surface area contributed by atoms with Gasteiger partial charge in [0.25, 0.3) is 0 Å². The lowest BCUT2D eigenvalue weighted by Gasteiger charge is -2.32. The first kappa shape index (κ1) is 20.9. The third-order valence-corrected chi connectivity index (χ3v) is 4.81. The fourth-order valence-corrected chi connectivity index (χ4v) is 1.54. The van der Waals surface area contributed by atoms with Crippen molar-refractivity contribution in [1.82, 2.24) is 10.6 Å². The molecule has 0 aromatic rings. The summed E-state index contributed by atoms with van der Waals surface area (Å²) in [6, 6.07) is -0.661. The molecule has 1 atom stereocenters. The van der Waals surface area contributed by atoms with Gasteiger partial charge >= 0.3 is 0 Å². The minimum absolute atomic E-state index is 0.0648. The molecule has 0 aromatic heterocycles. The standard InChI is InChI=1S/C17H35N3O2/c1-11(2)16(5,6)19-14(21)10-9-13(18)15(22)20-17(7,8)12(3)4/h11-13H,9-10,18H2,1-8H3,(H,19,21)(H,20,22). The van der Waals surface area contributed by atoms with Gasteiger partial charge in [-0.25, -0.2) is 0 Å². The topological polar surface area (TPSA) is 84.2 Å². The molecule has 0 aliphatic heterocycles. The van der Waals surface area contributed by atoms with E-state index < -0.39 is 6.04 Å². The molecular formula is C17H35N3O2. The summed E-state index contributed by atoms with van der Waals surface area (Å²) < 4.78 is 0. The Labute approximate surface area is 135 Å². The van der Waals surface area contributed by atoms with Crippen LogP contribution in [0.25, 0.3) is 0 Å². The van der Waals surface area contributed by atoms with Crippen LogP contribution in [0.1, 0.15) is 68.2 Å². The molecule has 4 N–H and O–H groups in total. The summed E-state index contributed by atoms with van der Waals surface area (Å²) in [5, 5.41) is 5.94. The Hall–Kier alpha value is -1.10. The molecule has 5 nitrogen and oxygen atoms in total. The molecule has 0 bridgehead atoms. The van der Waals surface area contributed by atoms with Crippen LogP contribution in [-0.4, -0.2) is 28.9 Å². The maximum atomic E-state index is 12.1. The van der Waals surface area contributed by atoms with E-state index in [1.807, 2.05) is 41.5 Å². The molecule has 130 valence electrons. The first-order valence-electron chi connectivity index (χ1n) is 8.18. The van der Waals surface area contributed by atoms with Crippen LogP contribution >= 0.6 is 0 Å². The van der Waals surface area contributed by atoms with Gasteiger partial charge in [-0.3, -0.25) is 9.59 Å². The van der Waals surface area contributed by atoms with Crippen molar-refractivity contribution in [3.8, 4) is 0 Å². The maximum absolute atomic E-state index is 12.1. The van der Waals surface area contributed by atoms with Gasteiger partial charge in [0.15, 0.2) is 0 Å². The van der Waals surface area contributed by atoms with Gasteiger partial charge in [-0.1, -0.05) is 27.7 Å². The van der Waals surface area contributed by atoms with E-state index in [2.05, 4.69) is 24.5 Å². The Bertz CT molecular complexity index is 387. The molecule has 0 aromatic carbocycles. The van der Waals surface area contributed by atoms with Gasteiger partial charge in [-0.2, -0.15) is 0 Å². The molecule has 22 heavy (non-hydrogen) atoms. The molecule has 0 rings (SSSR count). The average Bonchev–Trinajstić information content (AvgIpc) is 2.34. The van der Waals surface area contributed by atoms with Gasteiger partial charge in [0.2, 0.25) is 11.8 Å². The number of rotatable bonds is 8. The molecular weight excluding hydrogens is 278 g/mol. The number of hydrogen-bond acceptors (Lipinski definition) is 3. The van der Waals surface area contributed by atoms with Crippen molar-refractivity contribution in [2.24, 2.45) is 17.6 Å². The minimum Gasteiger partial charge on any atom is -0.351 e. The average molecular weight is 313 g/mol. The second kappa shape index (κ2) is 7.95. The zero-order valence-corrected chi connectivity index (χ0v) is 15.5. The van der Waals surface area contributed by atoms with Crippen molar-refractivity contribution in [2.75, 3.05) is 0 Å². The van der Waals surface area contributed by atoms with E-state index in [4.69, 9.17) is 5.73 Å². The smallest absolute Gasteiger partial charge is 0.237 e. The number of carbonyl (C=O) groups excluding carboxylic acids is 2. The van der Waals surface area contributed by atoms with Gasteiger partial charge in [0.1, 0.15) is 0 Å². The Kier molecular flexibility index (Phi) is 7.55. The molecule has 2 amide bonds. The summed E-state index contributed by atoms with van der Waals surface area (Å²) in [6.45, 7) is 16.2. The zero-order valence-electron chi connectivity index (χ0n) is 15.5. The quantitative estimate of drug-likeness (QED) is 0.642. The van der Waals surface area contributed by atoms with Crippen LogP contribution < -0.4 is 16.4 Å². The van der Waals surface area contributed by atoms with Crippen LogP contribution in [0.3, 0.4) is 0 Å². The summed E-state index contributed by atoms with van der Waals surface area (Å²) in [4.78, 5) is 24.1. The van der Waals surface area contributed by atoms with E-state index in [9.17, 15) is 9.59 Å². The first-order valence-corrected chi connectivity index (χ1v) is 8.18. The molecule has 0 aliphatic rings. The van der Waals surface area contributed by atoms with E-state index >= 15 is 0 Å². The SMILES string of the molecule is CC(C)C(C)(C)NC(=O)CCC(N)C(=O)NC(C)(C)C(C)C. The van der Waals surface area contributed by atoms with E-state index in [1.54, 1.807) is 0 Å². The largest absolute Gasteiger partial charge is 0.351 e. The summed E-state index contributed by atoms with van der Waals surface area (Å²) in [7, 11) is 0. The number of carbonyl (C=O) groups is 2. The third-order valence-electron chi connectivity index (χ3n) is 4.81. The number of amides is 2. The highest BCUT2D eigenvalue weighted by Gasteiger charge is 2.28. The zero-order chi connectivity index (χ0) is 17.7. The van der Waals surface area contributed by atoms with Crippen molar-refractivity contribution >= 4 is 11.8 Å². The number of hydrogen-bond donors (Lipinski definition) is 3. The highest BCUT2D eigenvalue weighted by molar-refractivity contribution is 5.83. The fraction of sp³-hybridized carbons (Fsp3) is 0.882. The van der Waals surface area contributed by atoms with E-state index in [0.717, 1.165) is 0 Å². The molecule has 1 unspecified atom stereocenters. The van der Waals surface area contributed by atoms with Gasteiger partial charge in [0.05, 0.1) is 6.04 Å². The van der Waals surface area contributed by atoms with Crippen molar-refractivity contribution in [2.45, 2.75) is 85.4 Å². The van der Waals surface area contributed by atoms with E-state index in [0.29, 0.717) is 18.3 Å². The van der Waals surface area contributed by atoms with E-state index in [1.165, 1.54) is 0 Å². The van der Waals surface area contributed by atoms with Crippen LogP contribution in [0, 0.1) is 11.8 Å². The van der Waals surface area contributed by atoms with Crippen molar-refractivity contribution in [3.63, 3.8) is 0 Å². The number of nitrogens with one attached hydrogen (secondary N) is 2. The molecule has 0 aliphatic carbocycles. The molecule has 0 spiro atoms. The van der Waals surface area contributed by atoms with Crippen LogP contribution in [-0.2, 0) is 9.59 Å². The molecule has 5 heteroatoms. The lowest BCUT2D eigenvalue weighted by Crippen LogP contribution is -2.53. The summed E-state index contributed by atoms with van der Waals surface area (Å²) in [5.74, 6) is 0.374. The predicted octanol–water partition coefficient (Wildman–Crippen LogP) is 2.20. The van der Waals surface area contributed by atoms with Crippen molar-refractivity contribution < 1.29 is 9.59 Å². The highest BCUT2D eigenvalue weighted by atomic mass is 16.2. The van der Waals surface area contributed by atoms with E-state index in [-0.39, 0.29) is 29.3 Å². The maximum Gasteiger partial charge on any atom is 0.237 e. The Balaban J connectivity index is 4.37. The first-order chi connectivity index (χ1) is 9.79. The van der Waals surface area contributed by atoms with Gasteiger partial charge in [0, 0.05) is 17.5 Å². The highest BCUT2D eigenvalue weighted by Crippen LogP contribution is 2.16. The predicted molar refractivity (Wildman–Crippen MR) is 91.3 cm³/mol. The fourth-order valence-electron chi connectivity index (χ4n) is 1.54. The van der Waals surface area contributed by atoms with Gasteiger partial charge < -0.3 is 16.4 Å². The molecule has 0 heterocycles. The summed E-state index contributed by atoms with van der Waals surface area (Å²) >= 11 is 0.